The Morgan fingerprint density at radius 1 is 0.542 bits per heavy atom. The Hall–Kier alpha value is -0.770. The summed E-state index contributed by atoms with van der Waals surface area (Å²) in [6.07, 6.45) is 24.2. The van der Waals surface area contributed by atoms with Gasteiger partial charge in [0.2, 0.25) is 0 Å². The summed E-state index contributed by atoms with van der Waals surface area (Å²) in [4.78, 5) is 12.7. The maximum atomic E-state index is 12.7. The molecule has 4 N–H and O–H groups in total. The van der Waals surface area contributed by atoms with E-state index in [4.69, 9.17) is 14.2 Å². The molecule has 1 fully saturated rings. The largest absolute Gasteiger partial charge is 0.457 e. The molecule has 0 aromatic rings. The molecule has 0 bridgehead atoms. The zero-order valence-electron chi connectivity index (χ0n) is 31.5. The van der Waals surface area contributed by atoms with Crippen molar-refractivity contribution in [3.63, 3.8) is 0 Å². The predicted octanol–water partition coefficient (Wildman–Crippen LogP) is 8.58. The number of carbonyl (C=O) groups excluding carboxylic acids is 1. The SMILES string of the molecule is CCCCCCCCCCCCCCC(=O)OC(COCCC(C)CCCCCCCCCCCCC)COC1C(O)C(O)C(O)C1O. The molecule has 0 aliphatic heterocycles. The van der Waals surface area contributed by atoms with Crippen LogP contribution < -0.4 is 0 Å². The highest BCUT2D eigenvalue weighted by Gasteiger charge is 2.49. The van der Waals surface area contributed by atoms with Crippen LogP contribution in [0.5, 0.6) is 0 Å². The molecule has 48 heavy (non-hydrogen) atoms. The smallest absolute Gasteiger partial charge is 0.306 e. The number of aliphatic hydroxyl groups excluding tert-OH is 4. The Morgan fingerprint density at radius 2 is 0.958 bits per heavy atom. The van der Waals surface area contributed by atoms with Gasteiger partial charge in [-0.05, 0) is 18.8 Å². The monoisotopic (exact) mass is 687 g/mol. The van der Waals surface area contributed by atoms with Crippen molar-refractivity contribution in [2.24, 2.45) is 5.92 Å². The van der Waals surface area contributed by atoms with E-state index in [-0.39, 0.29) is 19.2 Å². The Balaban J connectivity index is 2.28. The number of ether oxygens (including phenoxy) is 3. The summed E-state index contributed by atoms with van der Waals surface area (Å²) in [5.74, 6) is 0.245. The number of carbonyl (C=O) groups is 1. The molecule has 6 atom stereocenters. The van der Waals surface area contributed by atoms with Crippen LogP contribution in [0.25, 0.3) is 0 Å². The summed E-state index contributed by atoms with van der Waals surface area (Å²) in [5.41, 5.74) is 0. The van der Waals surface area contributed by atoms with Crippen LogP contribution in [-0.2, 0) is 19.0 Å². The second kappa shape index (κ2) is 31.0. The molecular weight excluding hydrogens is 608 g/mol. The van der Waals surface area contributed by atoms with Crippen molar-refractivity contribution in [1.29, 1.82) is 0 Å². The minimum atomic E-state index is -1.49. The number of hydrogen-bond acceptors (Lipinski definition) is 8. The molecule has 8 heteroatoms. The van der Waals surface area contributed by atoms with Gasteiger partial charge < -0.3 is 34.6 Å². The van der Waals surface area contributed by atoms with Gasteiger partial charge in [0.25, 0.3) is 0 Å². The maximum absolute atomic E-state index is 12.7. The van der Waals surface area contributed by atoms with Gasteiger partial charge in [0.15, 0.2) is 0 Å². The van der Waals surface area contributed by atoms with E-state index in [1.165, 1.54) is 135 Å². The molecule has 286 valence electrons. The molecule has 0 spiro atoms. The number of hydrogen-bond donors (Lipinski definition) is 4. The van der Waals surface area contributed by atoms with E-state index in [1.54, 1.807) is 0 Å². The molecule has 0 radical (unpaired) electrons. The van der Waals surface area contributed by atoms with Crippen LogP contribution in [0.3, 0.4) is 0 Å². The van der Waals surface area contributed by atoms with Crippen LogP contribution in [-0.4, -0.2) is 82.8 Å². The number of unbranched alkanes of at least 4 members (excludes halogenated alkanes) is 21. The summed E-state index contributed by atoms with van der Waals surface area (Å²) in [6, 6.07) is 0. The van der Waals surface area contributed by atoms with Crippen molar-refractivity contribution in [2.75, 3.05) is 19.8 Å². The third kappa shape index (κ3) is 22.8. The summed E-state index contributed by atoms with van der Waals surface area (Å²) >= 11 is 0. The average molecular weight is 687 g/mol. The maximum Gasteiger partial charge on any atom is 0.306 e. The van der Waals surface area contributed by atoms with Gasteiger partial charge in [0, 0.05) is 13.0 Å². The van der Waals surface area contributed by atoms with Gasteiger partial charge in [-0.2, -0.15) is 0 Å². The van der Waals surface area contributed by atoms with Crippen LogP contribution in [0.2, 0.25) is 0 Å². The summed E-state index contributed by atoms with van der Waals surface area (Å²) in [5, 5.41) is 40.2. The molecule has 0 aromatic carbocycles. The molecule has 0 aromatic heterocycles. The molecule has 0 heterocycles. The number of rotatable bonds is 34. The van der Waals surface area contributed by atoms with Crippen molar-refractivity contribution in [2.45, 2.75) is 224 Å². The summed E-state index contributed by atoms with van der Waals surface area (Å²) < 4.78 is 17.3. The van der Waals surface area contributed by atoms with Gasteiger partial charge in [0.1, 0.15) is 36.6 Å². The van der Waals surface area contributed by atoms with E-state index < -0.39 is 36.6 Å². The molecular formula is C40H78O8. The fraction of sp³-hybridized carbons (Fsp3) is 0.975. The Labute approximate surface area is 295 Å². The molecule has 6 unspecified atom stereocenters. The fourth-order valence-corrected chi connectivity index (χ4v) is 6.68. The van der Waals surface area contributed by atoms with Crippen molar-refractivity contribution >= 4 is 5.97 Å². The Kier molecular flexibility index (Phi) is 29.2. The van der Waals surface area contributed by atoms with Gasteiger partial charge in [0.05, 0.1) is 13.2 Å². The predicted molar refractivity (Wildman–Crippen MR) is 195 cm³/mol. The van der Waals surface area contributed by atoms with Gasteiger partial charge in [-0.1, -0.05) is 168 Å². The molecule has 1 rings (SSSR count). The highest BCUT2D eigenvalue weighted by atomic mass is 16.6. The molecule has 0 saturated heterocycles. The summed E-state index contributed by atoms with van der Waals surface area (Å²) in [7, 11) is 0. The standard InChI is InChI=1S/C40H78O8/c1-4-6-8-10-12-14-16-18-20-22-24-26-28-35(41)48-34(32-47-40-38(44)36(42)37(43)39(40)45)31-46-30-29-33(3)27-25-23-21-19-17-15-13-11-9-7-5-2/h33-34,36-40,42-45H,4-32H2,1-3H3. The van der Waals surface area contributed by atoms with E-state index in [2.05, 4.69) is 20.8 Å². The van der Waals surface area contributed by atoms with Crippen molar-refractivity contribution in [3.8, 4) is 0 Å². The van der Waals surface area contributed by atoms with Crippen LogP contribution >= 0.6 is 0 Å². The Bertz CT molecular complexity index is 707. The first-order chi connectivity index (χ1) is 23.3. The Morgan fingerprint density at radius 3 is 1.42 bits per heavy atom. The van der Waals surface area contributed by atoms with Crippen molar-refractivity contribution in [1.82, 2.24) is 0 Å². The van der Waals surface area contributed by atoms with Crippen LogP contribution in [0.15, 0.2) is 0 Å². The first kappa shape index (κ1) is 45.3. The zero-order valence-corrected chi connectivity index (χ0v) is 31.5. The quantitative estimate of drug-likeness (QED) is 0.0392. The number of esters is 1. The summed E-state index contributed by atoms with van der Waals surface area (Å²) in [6.45, 7) is 7.38. The molecule has 1 saturated carbocycles. The fourth-order valence-electron chi connectivity index (χ4n) is 6.68. The van der Waals surface area contributed by atoms with Crippen molar-refractivity contribution < 1.29 is 39.4 Å². The lowest BCUT2D eigenvalue weighted by molar-refractivity contribution is -0.163. The average Bonchev–Trinajstić information content (AvgIpc) is 3.26. The highest BCUT2D eigenvalue weighted by Crippen LogP contribution is 2.25. The van der Waals surface area contributed by atoms with E-state index in [0.717, 1.165) is 25.7 Å². The third-order valence-corrected chi connectivity index (χ3v) is 10.1. The van der Waals surface area contributed by atoms with Gasteiger partial charge >= 0.3 is 5.97 Å². The first-order valence-corrected chi connectivity index (χ1v) is 20.4. The van der Waals surface area contributed by atoms with E-state index >= 15 is 0 Å². The first-order valence-electron chi connectivity index (χ1n) is 20.4. The minimum absolute atomic E-state index is 0.100. The molecule has 0 amide bonds. The second-order valence-corrected chi connectivity index (χ2v) is 14.8. The van der Waals surface area contributed by atoms with Gasteiger partial charge in [-0.15, -0.1) is 0 Å². The van der Waals surface area contributed by atoms with Crippen molar-refractivity contribution in [3.05, 3.63) is 0 Å². The lowest BCUT2D eigenvalue weighted by Gasteiger charge is -2.24. The molecule has 1 aliphatic carbocycles. The van der Waals surface area contributed by atoms with Crippen LogP contribution in [0, 0.1) is 5.92 Å². The van der Waals surface area contributed by atoms with Gasteiger partial charge in [-0.25, -0.2) is 0 Å². The normalized spacial score (nSPS) is 22.3. The zero-order chi connectivity index (χ0) is 35.2. The van der Waals surface area contributed by atoms with E-state index in [0.29, 0.717) is 18.9 Å². The number of aliphatic hydroxyl groups is 4. The third-order valence-electron chi connectivity index (χ3n) is 10.1. The van der Waals surface area contributed by atoms with Gasteiger partial charge in [-0.3, -0.25) is 4.79 Å². The minimum Gasteiger partial charge on any atom is -0.457 e. The molecule has 8 nitrogen and oxygen atoms in total. The van der Waals surface area contributed by atoms with Crippen LogP contribution in [0.1, 0.15) is 188 Å². The molecule has 1 aliphatic rings. The van der Waals surface area contributed by atoms with E-state index in [9.17, 15) is 25.2 Å². The second-order valence-electron chi connectivity index (χ2n) is 14.8. The lowest BCUT2D eigenvalue weighted by Crippen LogP contribution is -2.39. The topological polar surface area (TPSA) is 126 Å². The highest BCUT2D eigenvalue weighted by molar-refractivity contribution is 5.69. The lowest BCUT2D eigenvalue weighted by atomic mass is 9.99. The van der Waals surface area contributed by atoms with E-state index in [1.807, 2.05) is 0 Å². The van der Waals surface area contributed by atoms with Crippen LogP contribution in [0.4, 0.5) is 0 Å².